The van der Waals surface area contributed by atoms with E-state index in [1.807, 2.05) is 35.0 Å². The zero-order valence-electron chi connectivity index (χ0n) is 12.0. The average Bonchev–Trinajstić information content (AvgIpc) is 3.33. The van der Waals surface area contributed by atoms with Gasteiger partial charge in [0.2, 0.25) is 11.7 Å². The summed E-state index contributed by atoms with van der Waals surface area (Å²) in [7, 11) is 0. The highest BCUT2D eigenvalue weighted by Gasteiger charge is 2.36. The summed E-state index contributed by atoms with van der Waals surface area (Å²) < 4.78 is 5.16. The fourth-order valence-electron chi connectivity index (χ4n) is 2.10. The Hall–Kier alpha value is -2.23. The number of hydrogen-bond donors (Lipinski definition) is 0. The molecule has 0 N–H and O–H groups in total. The van der Waals surface area contributed by atoms with Crippen molar-refractivity contribution in [3.05, 3.63) is 50.7 Å². The van der Waals surface area contributed by atoms with Gasteiger partial charge in [-0.1, -0.05) is 17.3 Å². The molecule has 24 heavy (non-hydrogen) atoms. The van der Waals surface area contributed by atoms with Gasteiger partial charge in [0.15, 0.2) is 0 Å². The predicted octanol–water partition coefficient (Wildman–Crippen LogP) is 4.10. The highest BCUT2D eigenvalue weighted by molar-refractivity contribution is 8.18. The smallest absolute Gasteiger partial charge is 0.294 e. The molecule has 0 aromatic carbocycles. The summed E-state index contributed by atoms with van der Waals surface area (Å²) in [4.78, 5) is 32.1. The number of amides is 2. The molecule has 3 aromatic rings. The van der Waals surface area contributed by atoms with Gasteiger partial charge in [-0.3, -0.25) is 14.5 Å². The second-order valence-corrected chi connectivity index (χ2v) is 7.69. The highest BCUT2D eigenvalue weighted by atomic mass is 32.2. The standard InChI is InChI=1S/C15H9N3O3S3/c19-14-11(7-9-3-1-5-22-9)24-15(20)18(14)8-12-16-13(17-21-12)10-4-2-6-23-10/h1-7H,8H2. The Kier molecular flexibility index (Phi) is 4.05. The summed E-state index contributed by atoms with van der Waals surface area (Å²) >= 11 is 3.92. The van der Waals surface area contributed by atoms with E-state index in [4.69, 9.17) is 4.52 Å². The van der Waals surface area contributed by atoms with E-state index in [0.29, 0.717) is 10.7 Å². The number of carbonyl (C=O) groups is 2. The molecule has 0 spiro atoms. The molecule has 1 aliphatic heterocycles. The summed E-state index contributed by atoms with van der Waals surface area (Å²) in [6, 6.07) is 7.56. The van der Waals surface area contributed by atoms with Crippen LogP contribution in [0.4, 0.5) is 4.79 Å². The van der Waals surface area contributed by atoms with E-state index in [0.717, 1.165) is 26.4 Å². The molecule has 0 bridgehead atoms. The lowest BCUT2D eigenvalue weighted by atomic mass is 10.3. The van der Waals surface area contributed by atoms with Crippen molar-refractivity contribution in [3.63, 3.8) is 0 Å². The van der Waals surface area contributed by atoms with E-state index in [1.165, 1.54) is 22.7 Å². The minimum absolute atomic E-state index is 0.0230. The largest absolute Gasteiger partial charge is 0.337 e. The highest BCUT2D eigenvalue weighted by Crippen LogP contribution is 2.34. The van der Waals surface area contributed by atoms with Gasteiger partial charge in [0.05, 0.1) is 9.78 Å². The van der Waals surface area contributed by atoms with Crippen LogP contribution in [0.15, 0.2) is 44.5 Å². The quantitative estimate of drug-likeness (QED) is 0.639. The second kappa shape index (κ2) is 6.34. The molecule has 1 aliphatic rings. The third-order valence-corrected chi connectivity index (χ3v) is 5.79. The summed E-state index contributed by atoms with van der Waals surface area (Å²) in [5, 5.41) is 7.38. The Morgan fingerprint density at radius 1 is 1.17 bits per heavy atom. The molecule has 0 atom stereocenters. The van der Waals surface area contributed by atoms with E-state index in [1.54, 1.807) is 6.08 Å². The van der Waals surface area contributed by atoms with E-state index < -0.39 is 0 Å². The summed E-state index contributed by atoms with van der Waals surface area (Å²) in [5.74, 6) is 0.355. The SMILES string of the molecule is O=C1SC(=Cc2cccs2)C(=O)N1Cc1nc(-c2cccs2)no1. The molecule has 4 rings (SSSR count). The van der Waals surface area contributed by atoms with E-state index in [2.05, 4.69) is 10.1 Å². The Morgan fingerprint density at radius 3 is 2.75 bits per heavy atom. The van der Waals surface area contributed by atoms with Crippen LogP contribution in [0.25, 0.3) is 16.8 Å². The van der Waals surface area contributed by atoms with Gasteiger partial charge in [-0.2, -0.15) is 4.98 Å². The number of thioether (sulfide) groups is 1. The number of rotatable bonds is 4. The molecular weight excluding hydrogens is 366 g/mol. The monoisotopic (exact) mass is 375 g/mol. The molecule has 0 saturated carbocycles. The van der Waals surface area contributed by atoms with Crippen LogP contribution in [0.2, 0.25) is 0 Å². The number of aromatic nitrogens is 2. The van der Waals surface area contributed by atoms with Crippen LogP contribution in [0.1, 0.15) is 10.8 Å². The van der Waals surface area contributed by atoms with Crippen molar-refractivity contribution < 1.29 is 14.1 Å². The summed E-state index contributed by atoms with van der Waals surface area (Å²) in [6.07, 6.45) is 1.72. The van der Waals surface area contributed by atoms with Crippen LogP contribution in [-0.4, -0.2) is 26.2 Å². The number of nitrogens with zero attached hydrogens (tertiary/aromatic N) is 3. The fourth-order valence-corrected chi connectivity index (χ4v) is 4.31. The van der Waals surface area contributed by atoms with E-state index in [9.17, 15) is 9.59 Å². The molecular formula is C15H9N3O3S3. The normalized spacial score (nSPS) is 16.5. The van der Waals surface area contributed by atoms with Gasteiger partial charge in [-0.25, -0.2) is 0 Å². The van der Waals surface area contributed by atoms with Crippen LogP contribution in [0, 0.1) is 0 Å². The first-order chi connectivity index (χ1) is 11.7. The predicted molar refractivity (Wildman–Crippen MR) is 93.4 cm³/mol. The maximum absolute atomic E-state index is 12.4. The van der Waals surface area contributed by atoms with Crippen molar-refractivity contribution in [2.75, 3.05) is 0 Å². The Bertz CT molecular complexity index is 913. The van der Waals surface area contributed by atoms with Gasteiger partial charge in [-0.05, 0) is 40.7 Å². The van der Waals surface area contributed by atoms with Crippen molar-refractivity contribution in [2.45, 2.75) is 6.54 Å². The van der Waals surface area contributed by atoms with Gasteiger partial charge >= 0.3 is 0 Å². The molecule has 0 aliphatic carbocycles. The van der Waals surface area contributed by atoms with Crippen LogP contribution in [0.5, 0.6) is 0 Å². The van der Waals surface area contributed by atoms with Crippen LogP contribution in [0.3, 0.4) is 0 Å². The molecule has 9 heteroatoms. The first-order valence-corrected chi connectivity index (χ1v) is 9.43. The molecule has 6 nitrogen and oxygen atoms in total. The summed E-state index contributed by atoms with van der Waals surface area (Å²) in [5.41, 5.74) is 0. The minimum atomic E-state index is -0.339. The average molecular weight is 375 g/mol. The zero-order valence-corrected chi connectivity index (χ0v) is 14.5. The lowest BCUT2D eigenvalue weighted by molar-refractivity contribution is -0.123. The van der Waals surface area contributed by atoms with Crippen molar-refractivity contribution >= 4 is 51.7 Å². The number of carbonyl (C=O) groups excluding carboxylic acids is 2. The van der Waals surface area contributed by atoms with Gasteiger partial charge in [-0.15, -0.1) is 22.7 Å². The second-order valence-electron chi connectivity index (χ2n) is 4.77. The topological polar surface area (TPSA) is 76.3 Å². The number of thiophene rings is 2. The first-order valence-electron chi connectivity index (χ1n) is 6.86. The Morgan fingerprint density at radius 2 is 2.00 bits per heavy atom. The maximum Gasteiger partial charge on any atom is 0.294 e. The molecule has 120 valence electrons. The fraction of sp³-hybridized carbons (Fsp3) is 0.0667. The molecule has 2 amide bonds. The van der Waals surface area contributed by atoms with Crippen molar-refractivity contribution in [3.8, 4) is 10.7 Å². The van der Waals surface area contributed by atoms with Gasteiger partial charge in [0.25, 0.3) is 11.1 Å². The first kappa shape index (κ1) is 15.3. The van der Waals surface area contributed by atoms with Crippen LogP contribution >= 0.6 is 34.4 Å². The third-order valence-electron chi connectivity index (χ3n) is 3.19. The van der Waals surface area contributed by atoms with E-state index in [-0.39, 0.29) is 23.6 Å². The van der Waals surface area contributed by atoms with Crippen LogP contribution in [-0.2, 0) is 11.3 Å². The van der Waals surface area contributed by atoms with E-state index >= 15 is 0 Å². The van der Waals surface area contributed by atoms with Crippen LogP contribution < -0.4 is 0 Å². The Labute approximate surface area is 148 Å². The van der Waals surface area contributed by atoms with Crippen molar-refractivity contribution in [1.29, 1.82) is 0 Å². The molecule has 0 radical (unpaired) electrons. The summed E-state index contributed by atoms with van der Waals surface area (Å²) in [6.45, 7) is -0.0230. The number of hydrogen-bond acceptors (Lipinski definition) is 8. The van der Waals surface area contributed by atoms with Gasteiger partial charge in [0, 0.05) is 4.88 Å². The van der Waals surface area contributed by atoms with Gasteiger partial charge in [0.1, 0.15) is 6.54 Å². The molecule has 3 aromatic heterocycles. The minimum Gasteiger partial charge on any atom is -0.337 e. The van der Waals surface area contributed by atoms with Crippen molar-refractivity contribution in [1.82, 2.24) is 15.0 Å². The zero-order chi connectivity index (χ0) is 16.5. The third kappa shape index (κ3) is 2.93. The molecule has 1 fully saturated rings. The molecule has 4 heterocycles. The van der Waals surface area contributed by atoms with Gasteiger partial charge < -0.3 is 4.52 Å². The molecule has 1 saturated heterocycles. The number of imide groups is 1. The van der Waals surface area contributed by atoms with Crippen molar-refractivity contribution in [2.24, 2.45) is 0 Å². The lowest BCUT2D eigenvalue weighted by Gasteiger charge is -2.08. The Balaban J connectivity index is 1.52. The maximum atomic E-state index is 12.4. The lowest BCUT2D eigenvalue weighted by Crippen LogP contribution is -2.27. The molecule has 0 unspecified atom stereocenters.